The Hall–Kier alpha value is -3.40. The van der Waals surface area contributed by atoms with E-state index in [1.807, 2.05) is 31.2 Å². The van der Waals surface area contributed by atoms with Crippen molar-refractivity contribution in [1.29, 1.82) is 0 Å². The second-order valence-corrected chi connectivity index (χ2v) is 7.20. The molecule has 3 aromatic heterocycles. The van der Waals surface area contributed by atoms with Crippen LogP contribution in [0.4, 0.5) is 0 Å². The molecule has 0 unspecified atom stereocenters. The van der Waals surface area contributed by atoms with Crippen LogP contribution < -0.4 is 5.56 Å². The van der Waals surface area contributed by atoms with Crippen LogP contribution in [0.3, 0.4) is 0 Å². The number of tetrazole rings is 1. The zero-order valence-corrected chi connectivity index (χ0v) is 16.2. The number of rotatable bonds is 4. The van der Waals surface area contributed by atoms with Gasteiger partial charge in [0.2, 0.25) is 5.82 Å². The molecule has 142 valence electrons. The van der Waals surface area contributed by atoms with Gasteiger partial charge in [-0.3, -0.25) is 4.79 Å². The van der Waals surface area contributed by atoms with Crippen molar-refractivity contribution in [2.75, 3.05) is 7.11 Å². The Labute approximate surface area is 163 Å². The Morgan fingerprint density at radius 2 is 2.07 bits per heavy atom. The van der Waals surface area contributed by atoms with Crippen molar-refractivity contribution in [1.82, 2.24) is 30.2 Å². The number of esters is 1. The number of fused-ring (bicyclic) bond motifs is 1. The van der Waals surface area contributed by atoms with Crippen LogP contribution in [0.5, 0.6) is 0 Å². The third-order valence-corrected chi connectivity index (χ3v) is 5.52. The molecule has 1 aromatic carbocycles. The lowest BCUT2D eigenvalue weighted by atomic mass is 10.1. The zero-order valence-electron chi connectivity index (χ0n) is 15.4. The first-order valence-corrected chi connectivity index (χ1v) is 9.24. The third kappa shape index (κ3) is 3.07. The number of hydrogen-bond acceptors (Lipinski definition) is 8. The number of carbonyl (C=O) groups is 1. The zero-order chi connectivity index (χ0) is 19.8. The van der Waals surface area contributed by atoms with Gasteiger partial charge in [-0.1, -0.05) is 24.3 Å². The predicted molar refractivity (Wildman–Crippen MR) is 103 cm³/mol. The van der Waals surface area contributed by atoms with Gasteiger partial charge < -0.3 is 9.72 Å². The number of H-pyrrole nitrogens is 1. The fraction of sp³-hybridized carbons (Fsp3) is 0.222. The highest BCUT2D eigenvalue weighted by Crippen LogP contribution is 2.27. The molecule has 0 spiro atoms. The van der Waals surface area contributed by atoms with Gasteiger partial charge >= 0.3 is 5.97 Å². The van der Waals surface area contributed by atoms with E-state index >= 15 is 0 Å². The Balaban J connectivity index is 1.68. The lowest BCUT2D eigenvalue weighted by Gasteiger charge is -2.00. The smallest absolute Gasteiger partial charge is 0.348 e. The van der Waals surface area contributed by atoms with Crippen LogP contribution in [0.1, 0.15) is 26.6 Å². The van der Waals surface area contributed by atoms with Gasteiger partial charge in [0.25, 0.3) is 5.56 Å². The van der Waals surface area contributed by atoms with Crippen LogP contribution >= 0.6 is 11.3 Å². The first-order chi connectivity index (χ1) is 13.5. The number of aromatic amines is 1. The average Bonchev–Trinajstić information content (AvgIpc) is 3.26. The minimum Gasteiger partial charge on any atom is -0.465 e. The molecule has 1 N–H and O–H groups in total. The molecular formula is C18H16N6O3S. The first kappa shape index (κ1) is 18.0. The van der Waals surface area contributed by atoms with Crippen molar-refractivity contribution < 1.29 is 9.53 Å². The molecule has 28 heavy (non-hydrogen) atoms. The molecule has 0 radical (unpaired) electrons. The molecule has 0 saturated carbocycles. The minimum atomic E-state index is -0.484. The fourth-order valence-corrected chi connectivity index (χ4v) is 4.05. The van der Waals surface area contributed by atoms with Crippen molar-refractivity contribution in [3.8, 4) is 11.4 Å². The maximum atomic E-state index is 12.5. The van der Waals surface area contributed by atoms with E-state index in [-0.39, 0.29) is 12.1 Å². The molecule has 10 heteroatoms. The number of ether oxygens (including phenoxy) is 1. The summed E-state index contributed by atoms with van der Waals surface area (Å²) in [7, 11) is 1.30. The Bertz CT molecular complexity index is 1260. The van der Waals surface area contributed by atoms with Crippen molar-refractivity contribution in [2.24, 2.45) is 0 Å². The number of aromatic nitrogens is 6. The van der Waals surface area contributed by atoms with E-state index in [0.29, 0.717) is 32.3 Å². The van der Waals surface area contributed by atoms with Gasteiger partial charge in [0.05, 0.1) is 12.5 Å². The summed E-state index contributed by atoms with van der Waals surface area (Å²) in [5, 5.41) is 12.9. The number of hydrogen-bond donors (Lipinski definition) is 1. The summed E-state index contributed by atoms with van der Waals surface area (Å²) in [6.45, 7) is 3.82. The lowest BCUT2D eigenvalue weighted by Crippen LogP contribution is -2.15. The van der Waals surface area contributed by atoms with E-state index in [1.165, 1.54) is 11.9 Å². The van der Waals surface area contributed by atoms with Crippen molar-refractivity contribution in [3.63, 3.8) is 0 Å². The highest BCUT2D eigenvalue weighted by molar-refractivity contribution is 7.20. The average molecular weight is 396 g/mol. The summed E-state index contributed by atoms with van der Waals surface area (Å²) in [5.41, 5.74) is 2.18. The van der Waals surface area contributed by atoms with E-state index in [0.717, 1.165) is 22.5 Å². The monoisotopic (exact) mass is 396 g/mol. The Morgan fingerprint density at radius 1 is 1.29 bits per heavy atom. The summed E-state index contributed by atoms with van der Waals surface area (Å²) < 4.78 is 4.77. The second kappa shape index (κ2) is 6.97. The summed E-state index contributed by atoms with van der Waals surface area (Å²) in [5.74, 6) is 0.396. The number of carbonyl (C=O) groups excluding carboxylic acids is 1. The Kier molecular flexibility index (Phi) is 4.47. The molecule has 0 aliphatic rings. The molecule has 0 aliphatic heterocycles. The topological polar surface area (TPSA) is 116 Å². The molecule has 4 aromatic rings. The number of benzene rings is 1. The quantitative estimate of drug-likeness (QED) is 0.525. The van der Waals surface area contributed by atoms with Crippen LogP contribution in [0, 0.1) is 13.8 Å². The SMILES string of the molecule is COC(=O)c1sc2nc(Cn3nnc(-c4ccccc4C)n3)[nH]c(=O)c2c1C. The summed E-state index contributed by atoms with van der Waals surface area (Å²) in [4.78, 5) is 33.8. The van der Waals surface area contributed by atoms with Gasteiger partial charge in [0, 0.05) is 5.56 Å². The minimum absolute atomic E-state index is 0.147. The summed E-state index contributed by atoms with van der Waals surface area (Å²) in [6, 6.07) is 7.75. The van der Waals surface area contributed by atoms with Crippen molar-refractivity contribution in [2.45, 2.75) is 20.4 Å². The third-order valence-electron chi connectivity index (χ3n) is 4.35. The molecule has 0 saturated heterocycles. The van der Waals surface area contributed by atoms with Crippen LogP contribution in [0.15, 0.2) is 29.1 Å². The van der Waals surface area contributed by atoms with Crippen LogP contribution in [-0.4, -0.2) is 43.3 Å². The van der Waals surface area contributed by atoms with Gasteiger partial charge in [-0.15, -0.1) is 21.5 Å². The van der Waals surface area contributed by atoms with Crippen LogP contribution in [0.25, 0.3) is 21.6 Å². The van der Waals surface area contributed by atoms with E-state index in [4.69, 9.17) is 4.74 Å². The highest BCUT2D eigenvalue weighted by Gasteiger charge is 2.20. The first-order valence-electron chi connectivity index (χ1n) is 8.42. The molecular weight excluding hydrogens is 380 g/mol. The maximum Gasteiger partial charge on any atom is 0.348 e. The summed E-state index contributed by atoms with van der Waals surface area (Å²) in [6.07, 6.45) is 0. The van der Waals surface area contributed by atoms with Gasteiger partial charge in [0.1, 0.15) is 22.1 Å². The van der Waals surface area contributed by atoms with Gasteiger partial charge in [0.15, 0.2) is 0 Å². The molecule has 0 bridgehead atoms. The van der Waals surface area contributed by atoms with E-state index in [1.54, 1.807) is 6.92 Å². The van der Waals surface area contributed by atoms with Crippen molar-refractivity contribution in [3.05, 3.63) is 56.4 Å². The van der Waals surface area contributed by atoms with Gasteiger partial charge in [-0.25, -0.2) is 9.78 Å². The number of nitrogens with zero attached hydrogens (tertiary/aromatic N) is 5. The summed E-state index contributed by atoms with van der Waals surface area (Å²) >= 11 is 1.13. The Morgan fingerprint density at radius 3 is 2.82 bits per heavy atom. The molecule has 0 atom stereocenters. The van der Waals surface area contributed by atoms with E-state index < -0.39 is 5.97 Å². The lowest BCUT2D eigenvalue weighted by molar-refractivity contribution is 0.0605. The normalized spacial score (nSPS) is 11.1. The van der Waals surface area contributed by atoms with E-state index in [9.17, 15) is 9.59 Å². The molecule has 0 amide bonds. The largest absolute Gasteiger partial charge is 0.465 e. The molecule has 0 aliphatic carbocycles. The number of thiophene rings is 1. The number of methoxy groups -OCH3 is 1. The van der Waals surface area contributed by atoms with Gasteiger partial charge in [-0.05, 0) is 30.2 Å². The molecule has 4 rings (SSSR count). The molecule has 0 fully saturated rings. The van der Waals surface area contributed by atoms with Gasteiger partial charge in [-0.2, -0.15) is 4.80 Å². The fourth-order valence-electron chi connectivity index (χ4n) is 2.93. The molecule has 3 heterocycles. The number of aryl methyl sites for hydroxylation is 2. The van der Waals surface area contributed by atoms with Crippen LogP contribution in [-0.2, 0) is 11.3 Å². The maximum absolute atomic E-state index is 12.5. The standard InChI is InChI=1S/C18H16N6O3S/c1-9-6-4-5-7-11(9)15-21-23-24(22-15)8-12-19-16(25)13-10(2)14(18(26)27-3)28-17(13)20-12/h4-7H,8H2,1-3H3,(H,19,20,25). The molecule has 9 nitrogen and oxygen atoms in total. The predicted octanol–water partition coefficient (Wildman–Crippen LogP) is 2.09. The number of nitrogens with one attached hydrogen (secondary N) is 1. The van der Waals surface area contributed by atoms with Crippen LogP contribution in [0.2, 0.25) is 0 Å². The highest BCUT2D eigenvalue weighted by atomic mass is 32.1. The van der Waals surface area contributed by atoms with Crippen molar-refractivity contribution >= 4 is 27.5 Å². The second-order valence-electron chi connectivity index (χ2n) is 6.20. The van der Waals surface area contributed by atoms with E-state index in [2.05, 4.69) is 25.4 Å².